The molecule has 0 saturated heterocycles. The van der Waals surface area contributed by atoms with Crippen LogP contribution in [0, 0.1) is 0 Å². The summed E-state index contributed by atoms with van der Waals surface area (Å²) in [6, 6.07) is 3.40. The van der Waals surface area contributed by atoms with Gasteiger partial charge in [0, 0.05) is 12.3 Å². The summed E-state index contributed by atoms with van der Waals surface area (Å²) in [5.41, 5.74) is 1.10. The fourth-order valence-electron chi connectivity index (χ4n) is 1.09. The first-order chi connectivity index (χ1) is 6.72. The first-order valence-electron chi connectivity index (χ1n) is 4.58. The molecule has 0 saturated carbocycles. The molecule has 0 amide bonds. The monoisotopic (exact) mass is 195 g/mol. The lowest BCUT2D eigenvalue weighted by atomic mass is 10.1. The lowest BCUT2D eigenvalue weighted by Crippen LogP contribution is -2.04. The zero-order valence-corrected chi connectivity index (χ0v) is 8.06. The highest BCUT2D eigenvalue weighted by Gasteiger charge is 2.01. The van der Waals surface area contributed by atoms with Gasteiger partial charge in [-0.1, -0.05) is 19.4 Å². The van der Waals surface area contributed by atoms with E-state index in [1.165, 1.54) is 0 Å². The Labute approximate surface area is 82.5 Å². The average molecular weight is 195 g/mol. The van der Waals surface area contributed by atoms with Gasteiger partial charge in [-0.2, -0.15) is 0 Å². The molecule has 0 unspecified atom stereocenters. The van der Waals surface area contributed by atoms with Crippen LogP contribution < -0.4 is 4.74 Å². The molecule has 0 atom stereocenters. The predicted molar refractivity (Wildman–Crippen MR) is 51.5 cm³/mol. The van der Waals surface area contributed by atoms with E-state index < -0.39 is 6.16 Å². The van der Waals surface area contributed by atoms with Gasteiger partial charge in [0.2, 0.25) is 5.88 Å². The molecule has 0 aromatic carbocycles. The fourth-order valence-corrected chi connectivity index (χ4v) is 1.09. The molecule has 0 fully saturated rings. The van der Waals surface area contributed by atoms with Gasteiger partial charge in [0.25, 0.3) is 0 Å². The second-order valence-corrected chi connectivity index (χ2v) is 2.98. The molecule has 1 aromatic heterocycles. The average Bonchev–Trinajstić information content (AvgIpc) is 2.16. The Morgan fingerprint density at radius 1 is 1.57 bits per heavy atom. The van der Waals surface area contributed by atoms with Crippen LogP contribution in [-0.4, -0.2) is 16.2 Å². The van der Waals surface area contributed by atoms with Crippen LogP contribution in [0.4, 0.5) is 4.79 Å². The predicted octanol–water partition coefficient (Wildman–Crippen LogP) is 2.48. The van der Waals surface area contributed by atoms with E-state index in [-0.39, 0.29) is 5.88 Å². The summed E-state index contributed by atoms with van der Waals surface area (Å²) in [7, 11) is 0. The Balaban J connectivity index is 2.54. The highest BCUT2D eigenvalue weighted by atomic mass is 16.7. The minimum absolute atomic E-state index is 0.123. The third kappa shape index (κ3) is 3.43. The number of carbonyl (C=O) groups is 1. The smallest absolute Gasteiger partial charge is 0.449 e. The molecular weight excluding hydrogens is 182 g/mol. The van der Waals surface area contributed by atoms with Gasteiger partial charge in [0.1, 0.15) is 0 Å². The van der Waals surface area contributed by atoms with Gasteiger partial charge >= 0.3 is 6.16 Å². The summed E-state index contributed by atoms with van der Waals surface area (Å²) in [6.07, 6.45) is 3.53. The maximum Gasteiger partial charge on any atom is 0.512 e. The molecule has 76 valence electrons. The van der Waals surface area contributed by atoms with Crippen molar-refractivity contribution in [2.24, 2.45) is 0 Å². The molecule has 1 aromatic rings. The van der Waals surface area contributed by atoms with E-state index in [0.29, 0.717) is 0 Å². The zero-order valence-electron chi connectivity index (χ0n) is 8.06. The van der Waals surface area contributed by atoms with Crippen LogP contribution in [0.3, 0.4) is 0 Å². The van der Waals surface area contributed by atoms with Crippen molar-refractivity contribution in [2.45, 2.75) is 26.2 Å². The second kappa shape index (κ2) is 5.21. The number of hydrogen-bond acceptors (Lipinski definition) is 3. The van der Waals surface area contributed by atoms with E-state index in [9.17, 15) is 4.79 Å². The molecule has 0 spiro atoms. The minimum atomic E-state index is -1.33. The first kappa shape index (κ1) is 10.5. The lowest BCUT2D eigenvalue weighted by Gasteiger charge is -2.01. The number of hydrogen-bond donors (Lipinski definition) is 1. The Morgan fingerprint density at radius 2 is 2.36 bits per heavy atom. The van der Waals surface area contributed by atoms with Crippen LogP contribution in [0.25, 0.3) is 0 Å². The number of aromatic nitrogens is 1. The Kier molecular flexibility index (Phi) is 3.91. The Hall–Kier alpha value is -1.58. The number of unbranched alkanes of at least 4 members (excludes halogenated alkanes) is 1. The number of pyridine rings is 1. The third-order valence-corrected chi connectivity index (χ3v) is 1.81. The topological polar surface area (TPSA) is 59.4 Å². The summed E-state index contributed by atoms with van der Waals surface area (Å²) >= 11 is 0. The van der Waals surface area contributed by atoms with Crippen LogP contribution in [0.5, 0.6) is 5.88 Å². The van der Waals surface area contributed by atoms with Crippen molar-refractivity contribution in [3.05, 3.63) is 23.9 Å². The van der Waals surface area contributed by atoms with E-state index in [4.69, 9.17) is 5.11 Å². The van der Waals surface area contributed by atoms with Gasteiger partial charge in [-0.05, 0) is 18.4 Å². The molecule has 4 nitrogen and oxygen atoms in total. The molecular formula is C10H13NO3. The number of rotatable bonds is 4. The van der Waals surface area contributed by atoms with Crippen molar-refractivity contribution in [1.82, 2.24) is 4.98 Å². The van der Waals surface area contributed by atoms with Crippen LogP contribution in [-0.2, 0) is 6.42 Å². The van der Waals surface area contributed by atoms with Gasteiger partial charge in [0.05, 0.1) is 0 Å². The van der Waals surface area contributed by atoms with Gasteiger partial charge in [-0.3, -0.25) is 0 Å². The number of nitrogens with zero attached hydrogens (tertiary/aromatic N) is 1. The van der Waals surface area contributed by atoms with Gasteiger partial charge < -0.3 is 9.84 Å². The minimum Gasteiger partial charge on any atom is -0.449 e. The first-order valence-corrected chi connectivity index (χ1v) is 4.58. The molecule has 0 bridgehead atoms. The van der Waals surface area contributed by atoms with Crippen molar-refractivity contribution >= 4 is 6.16 Å². The van der Waals surface area contributed by atoms with E-state index in [0.717, 1.165) is 24.8 Å². The summed E-state index contributed by atoms with van der Waals surface area (Å²) in [5, 5.41) is 8.32. The molecule has 1 heterocycles. The van der Waals surface area contributed by atoms with Crippen molar-refractivity contribution in [2.75, 3.05) is 0 Å². The van der Waals surface area contributed by atoms with Crippen LogP contribution >= 0.6 is 0 Å². The molecule has 1 rings (SSSR count). The largest absolute Gasteiger partial charge is 0.512 e. The highest BCUT2D eigenvalue weighted by Crippen LogP contribution is 2.09. The molecule has 14 heavy (non-hydrogen) atoms. The molecule has 0 aliphatic heterocycles. The van der Waals surface area contributed by atoms with Crippen molar-refractivity contribution in [3.8, 4) is 5.88 Å². The quantitative estimate of drug-likeness (QED) is 0.750. The Bertz CT molecular complexity index is 295. The Morgan fingerprint density at radius 3 is 2.86 bits per heavy atom. The number of ether oxygens (including phenoxy) is 1. The van der Waals surface area contributed by atoms with E-state index in [1.54, 1.807) is 12.3 Å². The van der Waals surface area contributed by atoms with Crippen LogP contribution in [0.2, 0.25) is 0 Å². The maximum absolute atomic E-state index is 10.2. The zero-order chi connectivity index (χ0) is 10.4. The van der Waals surface area contributed by atoms with Gasteiger partial charge in [-0.15, -0.1) is 0 Å². The molecule has 0 radical (unpaired) electrons. The summed E-state index contributed by atoms with van der Waals surface area (Å²) in [6.45, 7) is 2.12. The lowest BCUT2D eigenvalue weighted by molar-refractivity contribution is 0.142. The van der Waals surface area contributed by atoms with E-state index in [2.05, 4.69) is 16.6 Å². The maximum atomic E-state index is 10.2. The van der Waals surface area contributed by atoms with Crippen LogP contribution in [0.15, 0.2) is 18.3 Å². The van der Waals surface area contributed by atoms with E-state index in [1.807, 2.05) is 6.07 Å². The molecule has 1 N–H and O–H groups in total. The summed E-state index contributed by atoms with van der Waals surface area (Å²) in [4.78, 5) is 14.0. The normalized spacial score (nSPS) is 9.79. The van der Waals surface area contributed by atoms with Crippen molar-refractivity contribution in [3.63, 3.8) is 0 Å². The summed E-state index contributed by atoms with van der Waals surface area (Å²) in [5.74, 6) is 0.123. The standard InChI is InChI=1S/C10H13NO3/c1-2-3-4-8-5-6-9(11-7-8)14-10(12)13/h5-7H,2-4H2,1H3,(H,12,13). The number of aryl methyl sites for hydroxylation is 1. The molecule has 0 aliphatic rings. The SMILES string of the molecule is CCCCc1ccc(OC(=O)O)nc1. The van der Waals surface area contributed by atoms with Crippen molar-refractivity contribution < 1.29 is 14.6 Å². The molecule has 4 heteroatoms. The second-order valence-electron chi connectivity index (χ2n) is 2.98. The summed E-state index contributed by atoms with van der Waals surface area (Å²) < 4.78 is 4.38. The van der Waals surface area contributed by atoms with Gasteiger partial charge in [-0.25, -0.2) is 9.78 Å². The van der Waals surface area contributed by atoms with Crippen molar-refractivity contribution in [1.29, 1.82) is 0 Å². The number of carboxylic acid groups (broad SMARTS) is 1. The highest BCUT2D eigenvalue weighted by molar-refractivity contribution is 5.60. The van der Waals surface area contributed by atoms with E-state index >= 15 is 0 Å². The third-order valence-electron chi connectivity index (χ3n) is 1.81. The van der Waals surface area contributed by atoms with Gasteiger partial charge in [0.15, 0.2) is 0 Å². The van der Waals surface area contributed by atoms with Crippen LogP contribution in [0.1, 0.15) is 25.3 Å². The fraction of sp³-hybridized carbons (Fsp3) is 0.400. The molecule has 0 aliphatic carbocycles.